The lowest BCUT2D eigenvalue weighted by molar-refractivity contribution is -0.134. The van der Waals surface area contributed by atoms with Gasteiger partial charge in [-0.1, -0.05) is 24.3 Å². The second-order valence-electron chi connectivity index (χ2n) is 5.51. The van der Waals surface area contributed by atoms with Gasteiger partial charge in [0.2, 0.25) is 10.0 Å². The summed E-state index contributed by atoms with van der Waals surface area (Å²) in [4.78, 5) is 13.7. The van der Waals surface area contributed by atoms with Gasteiger partial charge in [0.05, 0.1) is 10.9 Å². The normalized spacial score (nSPS) is 12.5. The maximum absolute atomic E-state index is 13.5. The third kappa shape index (κ3) is 4.77. The number of benzene rings is 2. The summed E-state index contributed by atoms with van der Waals surface area (Å²) in [5, 5.41) is 5.06. The first-order valence-electron chi connectivity index (χ1n) is 7.46. The topological polar surface area (TPSA) is 89.7 Å². The maximum Gasteiger partial charge on any atom is 0.260 e. The van der Waals surface area contributed by atoms with Crippen molar-refractivity contribution in [3.05, 3.63) is 59.9 Å². The Labute approximate surface area is 146 Å². The summed E-state index contributed by atoms with van der Waals surface area (Å²) in [6.45, 7) is 1.48. The SMILES string of the molecule is CC(c1ccc(S(N)(=O)=O)cc1)N(C)C(=O)COc1ccccc1F. The highest BCUT2D eigenvalue weighted by Gasteiger charge is 2.19. The molecule has 0 aromatic heterocycles. The van der Waals surface area contributed by atoms with Crippen LogP contribution in [0.15, 0.2) is 53.4 Å². The van der Waals surface area contributed by atoms with Crippen molar-refractivity contribution in [1.29, 1.82) is 0 Å². The number of carbonyl (C=O) groups excluding carboxylic acids is 1. The van der Waals surface area contributed by atoms with E-state index in [-0.39, 0.29) is 29.2 Å². The summed E-state index contributed by atoms with van der Waals surface area (Å²) < 4.78 is 41.2. The number of primary sulfonamides is 1. The Morgan fingerprint density at radius 3 is 2.36 bits per heavy atom. The van der Waals surface area contributed by atoms with E-state index in [2.05, 4.69) is 0 Å². The molecule has 0 aliphatic rings. The molecule has 8 heteroatoms. The number of hydrogen-bond donors (Lipinski definition) is 1. The molecule has 0 saturated heterocycles. The molecule has 0 radical (unpaired) electrons. The molecule has 0 spiro atoms. The zero-order chi connectivity index (χ0) is 18.6. The van der Waals surface area contributed by atoms with E-state index < -0.39 is 15.8 Å². The molecule has 2 rings (SSSR count). The standard InChI is InChI=1S/C17H19FN2O4S/c1-12(13-7-9-14(10-8-13)25(19,22)23)20(2)17(21)11-24-16-6-4-3-5-15(16)18/h3-10,12H,11H2,1-2H3,(H2,19,22,23). The summed E-state index contributed by atoms with van der Waals surface area (Å²) >= 11 is 0. The minimum Gasteiger partial charge on any atom is -0.481 e. The smallest absolute Gasteiger partial charge is 0.260 e. The van der Waals surface area contributed by atoms with Crippen molar-refractivity contribution in [2.75, 3.05) is 13.7 Å². The number of carbonyl (C=O) groups is 1. The predicted molar refractivity (Wildman–Crippen MR) is 90.9 cm³/mol. The molecule has 0 aliphatic heterocycles. The van der Waals surface area contributed by atoms with Crippen LogP contribution >= 0.6 is 0 Å². The molecule has 134 valence electrons. The Morgan fingerprint density at radius 1 is 1.20 bits per heavy atom. The van der Waals surface area contributed by atoms with E-state index in [1.54, 1.807) is 32.2 Å². The Bertz CT molecular complexity index is 853. The van der Waals surface area contributed by atoms with E-state index in [1.807, 2.05) is 0 Å². The molecule has 1 atom stereocenters. The van der Waals surface area contributed by atoms with Gasteiger partial charge in [-0.25, -0.2) is 17.9 Å². The van der Waals surface area contributed by atoms with Crippen molar-refractivity contribution in [3.63, 3.8) is 0 Å². The number of nitrogens with two attached hydrogens (primary N) is 1. The fourth-order valence-corrected chi connectivity index (χ4v) is 2.69. The highest BCUT2D eigenvalue weighted by Crippen LogP contribution is 2.21. The quantitative estimate of drug-likeness (QED) is 0.847. The number of nitrogens with zero attached hydrogens (tertiary/aromatic N) is 1. The van der Waals surface area contributed by atoms with Crippen molar-refractivity contribution in [1.82, 2.24) is 4.90 Å². The van der Waals surface area contributed by atoms with Crippen molar-refractivity contribution in [2.24, 2.45) is 5.14 Å². The van der Waals surface area contributed by atoms with E-state index in [4.69, 9.17) is 9.88 Å². The van der Waals surface area contributed by atoms with Gasteiger partial charge in [0, 0.05) is 7.05 Å². The molecule has 25 heavy (non-hydrogen) atoms. The monoisotopic (exact) mass is 366 g/mol. The molecule has 1 amide bonds. The van der Waals surface area contributed by atoms with Crippen molar-refractivity contribution >= 4 is 15.9 Å². The van der Waals surface area contributed by atoms with Gasteiger partial charge < -0.3 is 9.64 Å². The zero-order valence-corrected chi connectivity index (χ0v) is 14.7. The van der Waals surface area contributed by atoms with Gasteiger partial charge in [0.15, 0.2) is 18.2 Å². The van der Waals surface area contributed by atoms with Gasteiger partial charge in [-0.05, 0) is 36.8 Å². The largest absolute Gasteiger partial charge is 0.481 e. The van der Waals surface area contributed by atoms with Crippen LogP contribution in [0.25, 0.3) is 0 Å². The fraction of sp³-hybridized carbons (Fsp3) is 0.235. The molecular formula is C17H19FN2O4S. The number of amides is 1. The van der Waals surface area contributed by atoms with Crippen molar-refractivity contribution in [3.8, 4) is 5.75 Å². The van der Waals surface area contributed by atoms with Gasteiger partial charge in [-0.2, -0.15) is 0 Å². The molecule has 2 aromatic carbocycles. The van der Waals surface area contributed by atoms with E-state index in [1.165, 1.54) is 35.2 Å². The lowest BCUT2D eigenvalue weighted by Crippen LogP contribution is -2.33. The molecule has 0 aliphatic carbocycles. The lowest BCUT2D eigenvalue weighted by Gasteiger charge is -2.25. The highest BCUT2D eigenvalue weighted by atomic mass is 32.2. The average molecular weight is 366 g/mol. The molecule has 2 N–H and O–H groups in total. The second kappa shape index (κ2) is 7.62. The van der Waals surface area contributed by atoms with Gasteiger partial charge in [-0.3, -0.25) is 4.79 Å². The molecule has 6 nitrogen and oxygen atoms in total. The molecule has 2 aromatic rings. The van der Waals surface area contributed by atoms with Gasteiger partial charge in [0.25, 0.3) is 5.91 Å². The minimum atomic E-state index is -3.76. The number of rotatable bonds is 6. The van der Waals surface area contributed by atoms with Crippen LogP contribution in [-0.4, -0.2) is 32.9 Å². The maximum atomic E-state index is 13.5. The summed E-state index contributed by atoms with van der Waals surface area (Å²) in [5.41, 5.74) is 0.731. The van der Waals surface area contributed by atoms with E-state index in [0.717, 1.165) is 5.56 Å². The minimum absolute atomic E-state index is 0.000292. The van der Waals surface area contributed by atoms with Crippen LogP contribution in [0, 0.1) is 5.82 Å². The van der Waals surface area contributed by atoms with Gasteiger partial charge in [-0.15, -0.1) is 0 Å². The van der Waals surface area contributed by atoms with Crippen LogP contribution in [0.2, 0.25) is 0 Å². The van der Waals surface area contributed by atoms with Crippen LogP contribution in [0.3, 0.4) is 0 Å². The summed E-state index contributed by atoms with van der Waals surface area (Å²) in [5.74, 6) is -0.870. The predicted octanol–water partition coefficient (Wildman–Crippen LogP) is 2.07. The number of halogens is 1. The van der Waals surface area contributed by atoms with E-state index in [9.17, 15) is 17.6 Å². The molecular weight excluding hydrogens is 347 g/mol. The van der Waals surface area contributed by atoms with E-state index >= 15 is 0 Å². The first kappa shape index (κ1) is 18.9. The first-order chi connectivity index (χ1) is 11.7. The molecule has 0 heterocycles. The Kier molecular flexibility index (Phi) is 5.76. The van der Waals surface area contributed by atoms with Crippen LogP contribution in [0.5, 0.6) is 5.75 Å². The lowest BCUT2D eigenvalue weighted by atomic mass is 10.1. The van der Waals surface area contributed by atoms with Crippen LogP contribution in [-0.2, 0) is 14.8 Å². The molecule has 0 fully saturated rings. The Morgan fingerprint density at radius 2 is 1.80 bits per heavy atom. The first-order valence-corrected chi connectivity index (χ1v) is 9.00. The average Bonchev–Trinajstić information content (AvgIpc) is 2.59. The van der Waals surface area contributed by atoms with Crippen molar-refractivity contribution in [2.45, 2.75) is 17.9 Å². The van der Waals surface area contributed by atoms with Crippen molar-refractivity contribution < 1.29 is 22.3 Å². The number of ether oxygens (including phenoxy) is 1. The van der Waals surface area contributed by atoms with Crippen LogP contribution in [0.1, 0.15) is 18.5 Å². The number of para-hydroxylation sites is 1. The molecule has 0 saturated carbocycles. The summed E-state index contributed by atoms with van der Waals surface area (Å²) in [7, 11) is -2.17. The zero-order valence-electron chi connectivity index (χ0n) is 13.8. The third-order valence-corrected chi connectivity index (χ3v) is 4.78. The van der Waals surface area contributed by atoms with Crippen LogP contribution in [0.4, 0.5) is 4.39 Å². The Balaban J connectivity index is 2.02. The molecule has 1 unspecified atom stereocenters. The fourth-order valence-electron chi connectivity index (χ4n) is 2.18. The highest BCUT2D eigenvalue weighted by molar-refractivity contribution is 7.89. The summed E-state index contributed by atoms with van der Waals surface area (Å²) in [6, 6.07) is 11.5. The molecule has 0 bridgehead atoms. The number of sulfonamides is 1. The number of likely N-dealkylation sites (N-methyl/N-ethyl adjacent to an activating group) is 1. The van der Waals surface area contributed by atoms with Gasteiger partial charge in [0.1, 0.15) is 0 Å². The Hall–Kier alpha value is -2.45. The second-order valence-corrected chi connectivity index (χ2v) is 7.08. The number of hydrogen-bond acceptors (Lipinski definition) is 4. The third-order valence-electron chi connectivity index (χ3n) is 3.85. The van der Waals surface area contributed by atoms with E-state index in [0.29, 0.717) is 0 Å². The van der Waals surface area contributed by atoms with Gasteiger partial charge >= 0.3 is 0 Å². The van der Waals surface area contributed by atoms with Crippen LogP contribution < -0.4 is 9.88 Å². The summed E-state index contributed by atoms with van der Waals surface area (Å²) in [6.07, 6.45) is 0.